The van der Waals surface area contributed by atoms with Crippen molar-refractivity contribution in [3.05, 3.63) is 66.4 Å². The lowest BCUT2D eigenvalue weighted by atomic mass is 10.1. The number of hydrogen-bond acceptors (Lipinski definition) is 5. The number of fused-ring (bicyclic) bond motifs is 2. The fourth-order valence-corrected chi connectivity index (χ4v) is 3.74. The maximum absolute atomic E-state index is 12.3. The van der Waals surface area contributed by atoms with Gasteiger partial charge in [0.25, 0.3) is 0 Å². The molecule has 2 aromatic carbocycles. The van der Waals surface area contributed by atoms with Crippen LogP contribution in [-0.2, 0) is 9.59 Å². The number of hydrogen-bond donors (Lipinski definition) is 2. The van der Waals surface area contributed by atoms with Crippen molar-refractivity contribution in [1.82, 2.24) is 9.97 Å². The van der Waals surface area contributed by atoms with Gasteiger partial charge < -0.3 is 5.32 Å². The summed E-state index contributed by atoms with van der Waals surface area (Å²) in [6.45, 7) is 1.46. The van der Waals surface area contributed by atoms with E-state index >= 15 is 0 Å². The van der Waals surface area contributed by atoms with Crippen LogP contribution in [0.15, 0.2) is 60.8 Å². The fourth-order valence-electron chi connectivity index (χ4n) is 2.83. The van der Waals surface area contributed by atoms with Crippen molar-refractivity contribution < 1.29 is 9.59 Å². The molecule has 0 saturated heterocycles. The minimum absolute atomic E-state index is 0.134. The molecule has 7 heteroatoms. The van der Waals surface area contributed by atoms with Crippen molar-refractivity contribution in [2.75, 3.05) is 10.6 Å². The summed E-state index contributed by atoms with van der Waals surface area (Å²) in [5, 5.41) is 7.04. The summed E-state index contributed by atoms with van der Waals surface area (Å²) in [6, 6.07) is 15.1. The first-order chi connectivity index (χ1) is 13.6. The second kappa shape index (κ2) is 7.58. The largest absolute Gasteiger partial charge is 0.326 e. The number of anilines is 2. The molecule has 0 bridgehead atoms. The van der Waals surface area contributed by atoms with Gasteiger partial charge in [0.1, 0.15) is 0 Å². The summed E-state index contributed by atoms with van der Waals surface area (Å²) in [4.78, 5) is 32.3. The first-order valence-corrected chi connectivity index (χ1v) is 9.41. The van der Waals surface area contributed by atoms with E-state index in [1.165, 1.54) is 24.3 Å². The minimum Gasteiger partial charge on any atom is -0.326 e. The van der Waals surface area contributed by atoms with Gasteiger partial charge >= 0.3 is 0 Å². The molecule has 0 atom stereocenters. The molecule has 28 heavy (non-hydrogen) atoms. The number of thiazole rings is 1. The van der Waals surface area contributed by atoms with Gasteiger partial charge in [-0.05, 0) is 30.3 Å². The van der Waals surface area contributed by atoms with Crippen molar-refractivity contribution in [2.45, 2.75) is 6.92 Å². The molecule has 0 saturated carbocycles. The third kappa shape index (κ3) is 3.89. The standard InChI is InChI=1S/C21H16N4O2S/c1-13(26)23-16-8-9-17-18(12-16)28-21(24-17)25-19(27)10-7-15-5-2-4-14-6-3-11-22-20(14)15/h2-12H,1H3,(H,23,26)(H,24,25,27)/b10-7+. The Balaban J connectivity index is 1.51. The molecule has 0 aliphatic rings. The van der Waals surface area contributed by atoms with E-state index in [-0.39, 0.29) is 11.8 Å². The van der Waals surface area contributed by atoms with Gasteiger partial charge in [-0.2, -0.15) is 0 Å². The van der Waals surface area contributed by atoms with Crippen molar-refractivity contribution in [1.29, 1.82) is 0 Å². The molecule has 0 fully saturated rings. The number of nitrogens with one attached hydrogen (secondary N) is 2. The van der Waals surface area contributed by atoms with Gasteiger partial charge in [0, 0.05) is 35.8 Å². The summed E-state index contributed by atoms with van der Waals surface area (Å²) in [5.41, 5.74) is 3.18. The van der Waals surface area contributed by atoms with Crippen LogP contribution in [0.1, 0.15) is 12.5 Å². The van der Waals surface area contributed by atoms with Crippen molar-refractivity contribution in [3.63, 3.8) is 0 Å². The van der Waals surface area contributed by atoms with E-state index in [4.69, 9.17) is 0 Å². The highest BCUT2D eigenvalue weighted by Gasteiger charge is 2.08. The Bertz CT molecular complexity index is 1220. The first kappa shape index (κ1) is 17.8. The maximum Gasteiger partial charge on any atom is 0.250 e. The molecule has 0 spiro atoms. The number of benzene rings is 2. The number of amides is 2. The minimum atomic E-state index is -0.269. The lowest BCUT2D eigenvalue weighted by Crippen LogP contribution is -2.07. The highest BCUT2D eigenvalue weighted by atomic mass is 32.1. The second-order valence-electron chi connectivity index (χ2n) is 6.13. The van der Waals surface area contributed by atoms with Gasteiger partial charge in [-0.25, -0.2) is 4.98 Å². The van der Waals surface area contributed by atoms with Gasteiger partial charge in [-0.1, -0.05) is 35.6 Å². The van der Waals surface area contributed by atoms with E-state index in [1.54, 1.807) is 18.3 Å². The molecule has 0 radical (unpaired) electrons. The van der Waals surface area contributed by atoms with E-state index in [0.29, 0.717) is 10.8 Å². The molecule has 138 valence electrons. The zero-order valence-electron chi connectivity index (χ0n) is 15.0. The molecule has 4 rings (SSSR count). The van der Waals surface area contributed by atoms with Gasteiger partial charge in [0.2, 0.25) is 11.8 Å². The van der Waals surface area contributed by atoms with E-state index in [0.717, 1.165) is 26.7 Å². The van der Waals surface area contributed by atoms with Crippen LogP contribution in [0.2, 0.25) is 0 Å². The molecule has 2 N–H and O–H groups in total. The van der Waals surface area contributed by atoms with E-state index < -0.39 is 0 Å². The zero-order chi connectivity index (χ0) is 19.5. The number of carbonyl (C=O) groups excluding carboxylic acids is 2. The van der Waals surface area contributed by atoms with Crippen LogP contribution in [0.25, 0.3) is 27.2 Å². The number of nitrogens with zero attached hydrogens (tertiary/aromatic N) is 2. The van der Waals surface area contributed by atoms with Crippen LogP contribution in [0.3, 0.4) is 0 Å². The van der Waals surface area contributed by atoms with Crippen LogP contribution in [-0.4, -0.2) is 21.8 Å². The van der Waals surface area contributed by atoms with Crippen molar-refractivity contribution >= 4 is 61.2 Å². The number of rotatable bonds is 4. The molecular formula is C21H16N4O2S. The lowest BCUT2D eigenvalue weighted by molar-refractivity contribution is -0.114. The highest BCUT2D eigenvalue weighted by molar-refractivity contribution is 7.22. The molecule has 4 aromatic rings. The summed E-state index contributed by atoms with van der Waals surface area (Å²) in [6.07, 6.45) is 4.95. The second-order valence-corrected chi connectivity index (χ2v) is 7.16. The third-order valence-corrected chi connectivity index (χ3v) is 4.95. The average molecular weight is 388 g/mol. The molecule has 0 unspecified atom stereocenters. The molecule has 0 aliphatic heterocycles. The van der Waals surface area contributed by atoms with Crippen molar-refractivity contribution in [2.24, 2.45) is 0 Å². The lowest BCUT2D eigenvalue weighted by Gasteiger charge is -2.00. The number of para-hydroxylation sites is 1. The molecular weight excluding hydrogens is 372 g/mol. The smallest absolute Gasteiger partial charge is 0.250 e. The predicted octanol–water partition coefficient (Wildman–Crippen LogP) is 4.45. The van der Waals surface area contributed by atoms with Crippen LogP contribution in [0.4, 0.5) is 10.8 Å². The summed E-state index contributed by atoms with van der Waals surface area (Å²) >= 11 is 1.35. The average Bonchev–Trinajstić information content (AvgIpc) is 3.07. The van der Waals surface area contributed by atoms with Crippen LogP contribution < -0.4 is 10.6 Å². The maximum atomic E-state index is 12.3. The topological polar surface area (TPSA) is 84.0 Å². The Kier molecular flexibility index (Phi) is 4.82. The predicted molar refractivity (Wildman–Crippen MR) is 113 cm³/mol. The normalized spacial score (nSPS) is 11.2. The van der Waals surface area contributed by atoms with Crippen LogP contribution in [0, 0.1) is 0 Å². The van der Waals surface area contributed by atoms with Crippen LogP contribution >= 0.6 is 11.3 Å². The van der Waals surface area contributed by atoms with E-state index in [2.05, 4.69) is 20.6 Å². The van der Waals surface area contributed by atoms with Gasteiger partial charge in [-0.15, -0.1) is 0 Å². The number of pyridine rings is 1. The van der Waals surface area contributed by atoms with Gasteiger partial charge in [-0.3, -0.25) is 19.9 Å². The van der Waals surface area contributed by atoms with Crippen LogP contribution in [0.5, 0.6) is 0 Å². The first-order valence-electron chi connectivity index (χ1n) is 8.59. The quantitative estimate of drug-likeness (QED) is 0.506. The SMILES string of the molecule is CC(=O)Nc1ccc2nc(NC(=O)/C=C/c3cccc4cccnc34)sc2c1. The Morgan fingerprint density at radius 2 is 1.93 bits per heavy atom. The van der Waals surface area contributed by atoms with Crippen molar-refractivity contribution in [3.8, 4) is 0 Å². The molecule has 2 amide bonds. The number of aromatic nitrogens is 2. The monoisotopic (exact) mass is 388 g/mol. The van der Waals surface area contributed by atoms with Gasteiger partial charge in [0.15, 0.2) is 5.13 Å². The Hall–Kier alpha value is -3.58. The van der Waals surface area contributed by atoms with Gasteiger partial charge in [0.05, 0.1) is 15.7 Å². The number of carbonyl (C=O) groups is 2. The Morgan fingerprint density at radius 3 is 2.79 bits per heavy atom. The Labute approximate surface area is 164 Å². The highest BCUT2D eigenvalue weighted by Crippen LogP contribution is 2.28. The zero-order valence-corrected chi connectivity index (χ0v) is 15.8. The third-order valence-electron chi connectivity index (χ3n) is 4.02. The summed E-state index contributed by atoms with van der Waals surface area (Å²) < 4.78 is 0.879. The summed E-state index contributed by atoms with van der Waals surface area (Å²) in [5.74, 6) is -0.403. The van der Waals surface area contributed by atoms with E-state index in [9.17, 15) is 9.59 Å². The Morgan fingerprint density at radius 1 is 1.07 bits per heavy atom. The summed E-state index contributed by atoms with van der Waals surface area (Å²) in [7, 11) is 0. The fraction of sp³-hybridized carbons (Fsp3) is 0.0476. The molecule has 0 aliphatic carbocycles. The molecule has 2 aromatic heterocycles. The van der Waals surface area contributed by atoms with E-state index in [1.807, 2.05) is 42.5 Å². The molecule has 2 heterocycles. The molecule has 6 nitrogen and oxygen atoms in total.